The summed E-state index contributed by atoms with van der Waals surface area (Å²) in [5.41, 5.74) is 4.05. The van der Waals surface area contributed by atoms with E-state index in [-0.39, 0.29) is 6.04 Å². The van der Waals surface area contributed by atoms with E-state index in [1.54, 1.807) is 12.4 Å². The van der Waals surface area contributed by atoms with E-state index in [0.29, 0.717) is 30.5 Å². The second kappa shape index (κ2) is 9.81. The maximum absolute atomic E-state index is 5.56. The van der Waals surface area contributed by atoms with Crippen molar-refractivity contribution in [3.05, 3.63) is 89.6 Å². The quantitative estimate of drug-likeness (QED) is 0.470. The van der Waals surface area contributed by atoms with Gasteiger partial charge in [0.15, 0.2) is 5.82 Å². The largest absolute Gasteiger partial charge is 0.378 e. The number of rotatable bonds is 6. The van der Waals surface area contributed by atoms with Crippen LogP contribution in [0.5, 0.6) is 0 Å². The molecule has 4 aromatic rings. The molecule has 1 aliphatic rings. The number of anilines is 2. The van der Waals surface area contributed by atoms with E-state index in [1.165, 1.54) is 5.56 Å². The molecule has 1 saturated heterocycles. The lowest BCUT2D eigenvalue weighted by Crippen LogP contribution is -2.34. The number of nitrogens with one attached hydrogen (secondary N) is 2. The number of morpholine rings is 1. The number of aryl methyl sites for hydroxylation is 1. The number of hydrogen-bond acceptors (Lipinski definition) is 8. The molecule has 1 unspecified atom stereocenters. The topological polar surface area (TPSA) is 97.7 Å². The molecule has 1 atom stereocenters. The minimum Gasteiger partial charge on any atom is -0.378 e. The van der Waals surface area contributed by atoms with Crippen molar-refractivity contribution in [2.24, 2.45) is 0 Å². The van der Waals surface area contributed by atoms with Crippen molar-refractivity contribution < 1.29 is 4.74 Å². The third-order valence-corrected chi connectivity index (χ3v) is 5.40. The summed E-state index contributed by atoms with van der Waals surface area (Å²) in [6.07, 6.45) is 4.11. The highest BCUT2D eigenvalue weighted by Crippen LogP contribution is 2.19. The maximum atomic E-state index is 5.56. The maximum Gasteiger partial charge on any atom is 0.180 e. The molecule has 0 saturated carbocycles. The van der Waals surface area contributed by atoms with E-state index in [9.17, 15) is 0 Å². The summed E-state index contributed by atoms with van der Waals surface area (Å²) in [7, 11) is 0. The molecule has 1 aliphatic heterocycles. The van der Waals surface area contributed by atoms with E-state index >= 15 is 0 Å². The van der Waals surface area contributed by atoms with Gasteiger partial charge in [0.25, 0.3) is 0 Å². The van der Waals surface area contributed by atoms with Gasteiger partial charge < -0.3 is 15.4 Å². The summed E-state index contributed by atoms with van der Waals surface area (Å²) in [4.78, 5) is 22.5. The van der Waals surface area contributed by atoms with Gasteiger partial charge in [0.1, 0.15) is 23.2 Å². The lowest BCUT2D eigenvalue weighted by atomic mass is 10.0. The van der Waals surface area contributed by atoms with Crippen molar-refractivity contribution in [2.75, 3.05) is 25.1 Å². The highest BCUT2D eigenvalue weighted by Gasteiger charge is 2.15. The standard InChI is InChI=1S/C25H25N7O/c1-17-3-2-4-20(29-17)25-28-12-10-23(32-25)30-22-9-11-27-24(31-22)15-18-5-7-19(8-6-18)21-16-33-14-13-26-21/h2-12,21,26H,13-16H2,1H3,(H,27,28,30,31,32). The van der Waals surface area contributed by atoms with Crippen molar-refractivity contribution in [1.82, 2.24) is 30.2 Å². The molecule has 166 valence electrons. The summed E-state index contributed by atoms with van der Waals surface area (Å²) in [6.45, 7) is 4.31. The molecule has 2 N–H and O–H groups in total. The minimum absolute atomic E-state index is 0.254. The van der Waals surface area contributed by atoms with Crippen molar-refractivity contribution in [2.45, 2.75) is 19.4 Å². The zero-order chi connectivity index (χ0) is 22.5. The van der Waals surface area contributed by atoms with Gasteiger partial charge in [-0.2, -0.15) is 0 Å². The molecule has 1 aromatic carbocycles. The first kappa shape index (κ1) is 21.1. The molecule has 0 spiro atoms. The van der Waals surface area contributed by atoms with Gasteiger partial charge in [-0.3, -0.25) is 0 Å². The van der Waals surface area contributed by atoms with Gasteiger partial charge >= 0.3 is 0 Å². The Morgan fingerprint density at radius 1 is 0.939 bits per heavy atom. The number of aromatic nitrogens is 5. The van der Waals surface area contributed by atoms with Gasteiger partial charge in [-0.1, -0.05) is 30.3 Å². The monoisotopic (exact) mass is 439 g/mol. The first-order valence-electron chi connectivity index (χ1n) is 11.0. The Morgan fingerprint density at radius 3 is 2.55 bits per heavy atom. The van der Waals surface area contributed by atoms with Crippen molar-refractivity contribution in [1.29, 1.82) is 0 Å². The van der Waals surface area contributed by atoms with Crippen LogP contribution in [-0.4, -0.2) is 44.7 Å². The highest BCUT2D eigenvalue weighted by molar-refractivity contribution is 5.56. The van der Waals surface area contributed by atoms with E-state index in [2.05, 4.69) is 59.8 Å². The van der Waals surface area contributed by atoms with Gasteiger partial charge in [-0.05, 0) is 42.3 Å². The molecule has 3 aromatic heterocycles. The van der Waals surface area contributed by atoms with Gasteiger partial charge in [-0.25, -0.2) is 24.9 Å². The zero-order valence-corrected chi connectivity index (χ0v) is 18.4. The van der Waals surface area contributed by atoms with E-state index in [4.69, 9.17) is 4.74 Å². The predicted octanol–water partition coefficient (Wildman–Crippen LogP) is 3.63. The van der Waals surface area contributed by atoms with Crippen LogP contribution in [-0.2, 0) is 11.2 Å². The van der Waals surface area contributed by atoms with Gasteiger partial charge in [0.05, 0.1) is 19.3 Å². The molecule has 4 heterocycles. The molecule has 8 heteroatoms. The van der Waals surface area contributed by atoms with Gasteiger partial charge in [-0.15, -0.1) is 0 Å². The van der Waals surface area contributed by atoms with E-state index in [0.717, 1.165) is 35.9 Å². The first-order valence-corrected chi connectivity index (χ1v) is 11.0. The van der Waals surface area contributed by atoms with Crippen LogP contribution in [0.25, 0.3) is 11.5 Å². The molecule has 33 heavy (non-hydrogen) atoms. The van der Waals surface area contributed by atoms with Crippen LogP contribution in [0.3, 0.4) is 0 Å². The van der Waals surface area contributed by atoms with Crippen LogP contribution >= 0.6 is 0 Å². The van der Waals surface area contributed by atoms with Crippen molar-refractivity contribution >= 4 is 11.6 Å². The number of hydrogen-bond donors (Lipinski definition) is 2. The number of benzene rings is 1. The Morgan fingerprint density at radius 2 is 1.76 bits per heavy atom. The number of nitrogens with zero attached hydrogens (tertiary/aromatic N) is 5. The second-order valence-corrected chi connectivity index (χ2v) is 7.91. The van der Waals surface area contributed by atoms with Crippen LogP contribution in [0.4, 0.5) is 11.6 Å². The average Bonchev–Trinajstić information content (AvgIpc) is 2.85. The van der Waals surface area contributed by atoms with Crippen LogP contribution < -0.4 is 10.6 Å². The molecule has 5 rings (SSSR count). The lowest BCUT2D eigenvalue weighted by molar-refractivity contribution is 0.0769. The summed E-state index contributed by atoms with van der Waals surface area (Å²) in [6, 6.07) is 18.2. The lowest BCUT2D eigenvalue weighted by Gasteiger charge is -2.24. The Bertz CT molecular complexity index is 1220. The second-order valence-electron chi connectivity index (χ2n) is 7.91. The summed E-state index contributed by atoms with van der Waals surface area (Å²) >= 11 is 0. The van der Waals surface area contributed by atoms with Crippen LogP contribution in [0.1, 0.15) is 28.7 Å². The molecular weight excluding hydrogens is 414 g/mol. The van der Waals surface area contributed by atoms with Crippen LogP contribution in [0.15, 0.2) is 67.0 Å². The Hall–Kier alpha value is -3.75. The van der Waals surface area contributed by atoms with Crippen LogP contribution in [0.2, 0.25) is 0 Å². The summed E-state index contributed by atoms with van der Waals surface area (Å²) < 4.78 is 5.56. The SMILES string of the molecule is Cc1cccc(-c2nccc(Nc3ccnc(Cc4ccc(C5COCCN5)cc4)n3)n2)n1. The average molecular weight is 440 g/mol. The Kier molecular flexibility index (Phi) is 6.27. The first-order chi connectivity index (χ1) is 16.2. The molecule has 0 amide bonds. The molecule has 0 radical (unpaired) electrons. The smallest absolute Gasteiger partial charge is 0.180 e. The normalized spacial score (nSPS) is 15.8. The number of ether oxygens (including phenoxy) is 1. The Balaban J connectivity index is 1.27. The van der Waals surface area contributed by atoms with Crippen molar-refractivity contribution in [3.8, 4) is 11.5 Å². The zero-order valence-electron chi connectivity index (χ0n) is 18.4. The van der Waals surface area contributed by atoms with Gasteiger partial charge in [0.2, 0.25) is 0 Å². The van der Waals surface area contributed by atoms with E-state index in [1.807, 2.05) is 37.3 Å². The molecular formula is C25H25N7O. The fourth-order valence-corrected chi connectivity index (χ4v) is 3.73. The van der Waals surface area contributed by atoms with Gasteiger partial charge in [0, 0.05) is 31.1 Å². The minimum atomic E-state index is 0.254. The third kappa shape index (κ3) is 5.36. The summed E-state index contributed by atoms with van der Waals surface area (Å²) in [5.74, 6) is 2.64. The predicted molar refractivity (Wildman–Crippen MR) is 126 cm³/mol. The third-order valence-electron chi connectivity index (χ3n) is 5.40. The summed E-state index contributed by atoms with van der Waals surface area (Å²) in [5, 5.41) is 6.73. The molecule has 1 fully saturated rings. The number of pyridine rings is 1. The van der Waals surface area contributed by atoms with E-state index < -0.39 is 0 Å². The fraction of sp³-hybridized carbons (Fsp3) is 0.240. The molecule has 0 aliphatic carbocycles. The fourth-order valence-electron chi connectivity index (χ4n) is 3.73. The Labute approximate surface area is 192 Å². The van der Waals surface area contributed by atoms with Crippen molar-refractivity contribution in [3.63, 3.8) is 0 Å². The molecule has 8 nitrogen and oxygen atoms in total. The van der Waals surface area contributed by atoms with Crippen LogP contribution in [0, 0.1) is 6.92 Å². The highest BCUT2D eigenvalue weighted by atomic mass is 16.5. The molecule has 0 bridgehead atoms.